The molecule has 1 aromatic heterocycles. The predicted molar refractivity (Wildman–Crippen MR) is 241 cm³/mol. The second-order valence-corrected chi connectivity index (χ2v) is 14.7. The molecule has 0 N–H and O–H groups in total. The maximum Gasteiger partial charge on any atom is 0.135 e. The summed E-state index contributed by atoms with van der Waals surface area (Å²) in [6.07, 6.45) is 0. The highest BCUT2D eigenvalue weighted by Crippen LogP contribution is 2.54. The molecule has 0 amide bonds. The predicted octanol–water partition coefficient (Wildman–Crippen LogP) is 15.9. The molecule has 10 aromatic carbocycles. The normalized spacial score (nSPS) is 11.5. The Labute approximate surface area is 331 Å². The molecular weight excluding hydrogens is 689 g/mol. The van der Waals surface area contributed by atoms with Gasteiger partial charge >= 0.3 is 0 Å². The summed E-state index contributed by atoms with van der Waals surface area (Å²) in [7, 11) is 0. The van der Waals surface area contributed by atoms with Gasteiger partial charge in [0.15, 0.2) is 0 Å². The number of furan rings is 1. The molecule has 0 aliphatic heterocycles. The Morgan fingerprint density at radius 2 is 0.596 bits per heavy atom. The fraction of sp³-hybridized carbons (Fsp3) is 0. The molecule has 1 nitrogen and oxygen atoms in total. The second kappa shape index (κ2) is 13.7. The van der Waals surface area contributed by atoms with E-state index in [1.807, 2.05) is 6.07 Å². The standard InChI is InChI=1S/C56H36O/c1-5-19-37(20-6-1)47-36-48(38-21-7-2-8-22-38)54(40-25-11-4-12-26-40)56(53(47)39-23-9-3-10-24-39)55-45-30-15-13-28-43(45)52(44-29-14-16-31-46(44)55)41-33-34-51-49(35-41)42-27-17-18-32-50(42)57-51/h1-36H. The van der Waals surface area contributed by atoms with E-state index in [4.69, 9.17) is 4.42 Å². The van der Waals surface area contributed by atoms with Gasteiger partial charge in [-0.2, -0.15) is 0 Å². The first-order valence-electron chi connectivity index (χ1n) is 19.6. The highest BCUT2D eigenvalue weighted by atomic mass is 16.3. The molecule has 0 saturated carbocycles. The first-order valence-corrected chi connectivity index (χ1v) is 19.6. The van der Waals surface area contributed by atoms with Gasteiger partial charge in [0.1, 0.15) is 11.2 Å². The quantitative estimate of drug-likeness (QED) is 0.156. The van der Waals surface area contributed by atoms with E-state index in [1.54, 1.807) is 0 Å². The molecule has 266 valence electrons. The van der Waals surface area contributed by atoms with E-state index >= 15 is 0 Å². The third kappa shape index (κ3) is 5.47. The highest BCUT2D eigenvalue weighted by Gasteiger charge is 2.27. The lowest BCUT2D eigenvalue weighted by molar-refractivity contribution is 0.669. The van der Waals surface area contributed by atoms with Crippen molar-refractivity contribution < 1.29 is 4.42 Å². The number of hydrogen-bond donors (Lipinski definition) is 0. The molecule has 0 atom stereocenters. The van der Waals surface area contributed by atoms with Crippen molar-refractivity contribution in [1.29, 1.82) is 0 Å². The minimum atomic E-state index is 0.899. The van der Waals surface area contributed by atoms with Crippen LogP contribution in [0.5, 0.6) is 0 Å². The van der Waals surface area contributed by atoms with Crippen LogP contribution in [0.4, 0.5) is 0 Å². The molecule has 57 heavy (non-hydrogen) atoms. The van der Waals surface area contributed by atoms with Crippen LogP contribution in [0, 0.1) is 0 Å². The number of hydrogen-bond acceptors (Lipinski definition) is 1. The van der Waals surface area contributed by atoms with Gasteiger partial charge in [-0.1, -0.05) is 194 Å². The van der Waals surface area contributed by atoms with E-state index in [9.17, 15) is 0 Å². The van der Waals surface area contributed by atoms with Crippen LogP contribution in [0.2, 0.25) is 0 Å². The highest BCUT2D eigenvalue weighted by molar-refractivity contribution is 6.26. The molecule has 0 aliphatic carbocycles. The van der Waals surface area contributed by atoms with E-state index < -0.39 is 0 Å². The molecule has 11 rings (SSSR count). The van der Waals surface area contributed by atoms with Gasteiger partial charge in [-0.15, -0.1) is 0 Å². The van der Waals surface area contributed by atoms with Crippen molar-refractivity contribution in [3.05, 3.63) is 218 Å². The monoisotopic (exact) mass is 724 g/mol. The SMILES string of the molecule is c1ccc(-c2cc(-c3ccccc3)c(-c3ccccc3)c(-c3c4ccccc4c(-c4ccc5oc6ccccc6c5c4)c4ccccc34)c2-c2ccccc2)cc1. The zero-order valence-electron chi connectivity index (χ0n) is 31.2. The van der Waals surface area contributed by atoms with Crippen molar-refractivity contribution >= 4 is 43.5 Å². The Balaban J connectivity index is 1.35. The van der Waals surface area contributed by atoms with Crippen LogP contribution in [0.15, 0.2) is 223 Å². The fourth-order valence-electron chi connectivity index (χ4n) is 9.02. The Morgan fingerprint density at radius 3 is 1.09 bits per heavy atom. The van der Waals surface area contributed by atoms with Crippen LogP contribution in [0.1, 0.15) is 0 Å². The Kier molecular flexibility index (Phi) is 7.89. The van der Waals surface area contributed by atoms with E-state index in [0.29, 0.717) is 0 Å². The van der Waals surface area contributed by atoms with Gasteiger partial charge in [-0.3, -0.25) is 0 Å². The Morgan fingerprint density at radius 1 is 0.211 bits per heavy atom. The first kappa shape index (κ1) is 32.9. The van der Waals surface area contributed by atoms with Gasteiger partial charge in [0.25, 0.3) is 0 Å². The largest absolute Gasteiger partial charge is 0.456 e. The zero-order valence-corrected chi connectivity index (χ0v) is 31.2. The van der Waals surface area contributed by atoms with Gasteiger partial charge in [-0.25, -0.2) is 0 Å². The van der Waals surface area contributed by atoms with E-state index in [-0.39, 0.29) is 0 Å². The molecule has 1 heteroatoms. The summed E-state index contributed by atoms with van der Waals surface area (Å²) >= 11 is 0. The lowest BCUT2D eigenvalue weighted by Crippen LogP contribution is -2.00. The average molecular weight is 725 g/mol. The van der Waals surface area contributed by atoms with Crippen molar-refractivity contribution in [1.82, 2.24) is 0 Å². The molecule has 11 aromatic rings. The van der Waals surface area contributed by atoms with Gasteiger partial charge in [0, 0.05) is 10.8 Å². The van der Waals surface area contributed by atoms with Crippen LogP contribution >= 0.6 is 0 Å². The van der Waals surface area contributed by atoms with Gasteiger partial charge in [-0.05, 0) is 113 Å². The summed E-state index contributed by atoms with van der Waals surface area (Å²) in [4.78, 5) is 0. The van der Waals surface area contributed by atoms with Gasteiger partial charge in [0.2, 0.25) is 0 Å². The van der Waals surface area contributed by atoms with Crippen molar-refractivity contribution in [3.63, 3.8) is 0 Å². The third-order valence-electron chi connectivity index (χ3n) is 11.5. The Bertz CT molecular complexity index is 3090. The van der Waals surface area contributed by atoms with E-state index in [1.165, 1.54) is 88.3 Å². The summed E-state index contributed by atoms with van der Waals surface area (Å²) in [5, 5.41) is 7.10. The Hall–Kier alpha value is -7.48. The minimum absolute atomic E-state index is 0.899. The van der Waals surface area contributed by atoms with Crippen LogP contribution in [0.3, 0.4) is 0 Å². The van der Waals surface area contributed by atoms with Crippen LogP contribution < -0.4 is 0 Å². The minimum Gasteiger partial charge on any atom is -0.456 e. The topological polar surface area (TPSA) is 13.1 Å². The summed E-state index contributed by atoms with van der Waals surface area (Å²) in [5.74, 6) is 0. The maximum absolute atomic E-state index is 6.30. The molecule has 0 aliphatic rings. The van der Waals surface area contributed by atoms with Crippen LogP contribution in [-0.2, 0) is 0 Å². The molecule has 0 radical (unpaired) electrons. The van der Waals surface area contributed by atoms with Crippen molar-refractivity contribution in [3.8, 4) is 66.8 Å². The molecule has 0 spiro atoms. The maximum atomic E-state index is 6.30. The second-order valence-electron chi connectivity index (χ2n) is 14.7. The van der Waals surface area contributed by atoms with Crippen molar-refractivity contribution in [2.24, 2.45) is 0 Å². The van der Waals surface area contributed by atoms with Crippen molar-refractivity contribution in [2.45, 2.75) is 0 Å². The molecular formula is C56H36O. The number of benzene rings is 10. The van der Waals surface area contributed by atoms with E-state index in [0.717, 1.165) is 21.9 Å². The molecule has 0 bridgehead atoms. The number of fused-ring (bicyclic) bond motifs is 5. The van der Waals surface area contributed by atoms with Gasteiger partial charge < -0.3 is 4.42 Å². The number of rotatable bonds is 6. The molecule has 0 fully saturated rings. The lowest BCUT2D eigenvalue weighted by Gasteiger charge is -2.27. The molecule has 0 saturated heterocycles. The number of para-hydroxylation sites is 1. The first-order chi connectivity index (χ1) is 28.3. The summed E-state index contributed by atoms with van der Waals surface area (Å²) in [5.41, 5.74) is 16.2. The summed E-state index contributed by atoms with van der Waals surface area (Å²) < 4.78 is 6.30. The van der Waals surface area contributed by atoms with E-state index in [2.05, 4.69) is 212 Å². The lowest BCUT2D eigenvalue weighted by atomic mass is 9.76. The van der Waals surface area contributed by atoms with Crippen LogP contribution in [0.25, 0.3) is 110 Å². The smallest absolute Gasteiger partial charge is 0.135 e. The summed E-state index contributed by atoms with van der Waals surface area (Å²) in [6.45, 7) is 0. The molecule has 1 heterocycles. The molecule has 0 unspecified atom stereocenters. The fourth-order valence-corrected chi connectivity index (χ4v) is 9.02. The average Bonchev–Trinajstić information content (AvgIpc) is 3.67. The van der Waals surface area contributed by atoms with Crippen molar-refractivity contribution in [2.75, 3.05) is 0 Å². The van der Waals surface area contributed by atoms with Gasteiger partial charge in [0.05, 0.1) is 0 Å². The van der Waals surface area contributed by atoms with Crippen LogP contribution in [-0.4, -0.2) is 0 Å². The zero-order chi connectivity index (χ0) is 37.7. The summed E-state index contributed by atoms with van der Waals surface area (Å²) in [6, 6.07) is 79.2. The third-order valence-corrected chi connectivity index (χ3v) is 11.5.